The molecule has 3 aromatic heterocycles. The Balaban J connectivity index is 0.00000289. The molecule has 0 aliphatic carbocycles. The van der Waals surface area contributed by atoms with Crippen molar-refractivity contribution < 1.29 is 20.5 Å². The number of carbonyl (C=O) groups excluding carboxylic acids is 2. The van der Waals surface area contributed by atoms with Crippen molar-refractivity contribution in [2.45, 2.75) is 39.3 Å². The van der Waals surface area contributed by atoms with Crippen LogP contribution in [0, 0.1) is 13.8 Å². The number of nitrogens with zero attached hydrogens (tertiary/aromatic N) is 3. The lowest BCUT2D eigenvalue weighted by Gasteiger charge is -2.15. The fraction of sp³-hybridized carbons (Fsp3) is 0.320. The van der Waals surface area contributed by atoms with Gasteiger partial charge < -0.3 is 20.1 Å². The van der Waals surface area contributed by atoms with Crippen LogP contribution in [0.4, 0.5) is 4.79 Å². The van der Waals surface area contributed by atoms with Crippen molar-refractivity contribution in [3.05, 3.63) is 59.5 Å². The van der Waals surface area contributed by atoms with Crippen LogP contribution in [0.2, 0.25) is 0 Å². The first-order valence-corrected chi connectivity index (χ1v) is 11.3. The molecule has 9 nitrogen and oxygen atoms in total. The molecule has 0 unspecified atom stereocenters. The highest BCUT2D eigenvalue weighted by molar-refractivity contribution is 5.98. The van der Waals surface area contributed by atoms with Crippen molar-refractivity contribution in [3.63, 3.8) is 0 Å². The maximum atomic E-state index is 13.0. The highest BCUT2D eigenvalue weighted by Gasteiger charge is 2.27. The van der Waals surface area contributed by atoms with Gasteiger partial charge in [-0.05, 0) is 57.0 Å². The van der Waals surface area contributed by atoms with E-state index in [9.17, 15) is 9.59 Å². The van der Waals surface area contributed by atoms with Crippen molar-refractivity contribution >= 4 is 28.4 Å². The van der Waals surface area contributed by atoms with Crippen LogP contribution in [-0.4, -0.2) is 51.9 Å². The third-order valence-corrected chi connectivity index (χ3v) is 6.43. The Hall–Kier alpha value is -3.85. The first kappa shape index (κ1) is 22.0. The number of aryl methyl sites for hydroxylation is 2. The standard InChI is InChI=1S/C25H27N5O4.H2/c1-14-11-17-12-18(5-6-21(17)30(14)25(32)26-4)34-22-7-9-27-29-13-19(15(2)23(22)29)24(31)28-20-8-10-33-16(20)3;/h5-7,9,11-13,16,20H,8,10H2,1-4H3,(H,26,32)(H,28,31);1H/t16-,20-;/m1./s1. The van der Waals surface area contributed by atoms with Gasteiger partial charge in [0.1, 0.15) is 11.3 Å². The van der Waals surface area contributed by atoms with E-state index >= 15 is 0 Å². The minimum Gasteiger partial charge on any atom is -0.455 e. The summed E-state index contributed by atoms with van der Waals surface area (Å²) in [5.41, 5.74) is 3.69. The second kappa shape index (κ2) is 8.49. The van der Waals surface area contributed by atoms with E-state index < -0.39 is 0 Å². The molecule has 1 saturated heterocycles. The number of fused-ring (bicyclic) bond motifs is 2. The zero-order chi connectivity index (χ0) is 24.0. The molecule has 2 N–H and O–H groups in total. The Morgan fingerprint density at radius 2 is 2.06 bits per heavy atom. The molecular weight excluding hydrogens is 434 g/mol. The van der Waals surface area contributed by atoms with E-state index in [1.807, 2.05) is 45.0 Å². The Bertz CT molecular complexity index is 1430. The van der Waals surface area contributed by atoms with Crippen LogP contribution in [0.1, 0.15) is 36.4 Å². The maximum absolute atomic E-state index is 13.0. The molecule has 2 atom stereocenters. The Morgan fingerprint density at radius 1 is 1.24 bits per heavy atom. The number of ether oxygens (including phenoxy) is 2. The van der Waals surface area contributed by atoms with Gasteiger partial charge in [0.25, 0.3) is 5.91 Å². The summed E-state index contributed by atoms with van der Waals surface area (Å²) in [6, 6.07) is 9.11. The average Bonchev–Trinajstić information content (AvgIpc) is 3.48. The van der Waals surface area contributed by atoms with Gasteiger partial charge >= 0.3 is 6.03 Å². The molecule has 5 rings (SSSR count). The highest BCUT2D eigenvalue weighted by Crippen LogP contribution is 2.32. The minimum atomic E-state index is -0.190. The van der Waals surface area contributed by atoms with Gasteiger partial charge in [-0.15, -0.1) is 0 Å². The summed E-state index contributed by atoms with van der Waals surface area (Å²) >= 11 is 0. The van der Waals surface area contributed by atoms with Gasteiger partial charge in [-0.3, -0.25) is 9.36 Å². The van der Waals surface area contributed by atoms with E-state index in [4.69, 9.17) is 9.47 Å². The molecular formula is C25H29N5O4. The highest BCUT2D eigenvalue weighted by atomic mass is 16.5. The predicted octanol–water partition coefficient (Wildman–Crippen LogP) is 4.04. The first-order chi connectivity index (χ1) is 16.4. The fourth-order valence-corrected chi connectivity index (χ4v) is 4.61. The van der Waals surface area contributed by atoms with Crippen molar-refractivity contribution in [1.82, 2.24) is 24.8 Å². The monoisotopic (exact) mass is 463 g/mol. The van der Waals surface area contributed by atoms with Gasteiger partial charge in [0.05, 0.1) is 29.4 Å². The Labute approximate surface area is 198 Å². The largest absolute Gasteiger partial charge is 0.455 e. The molecule has 34 heavy (non-hydrogen) atoms. The summed E-state index contributed by atoms with van der Waals surface area (Å²) in [4.78, 5) is 25.2. The number of benzene rings is 1. The van der Waals surface area contributed by atoms with Crippen molar-refractivity contribution in [1.29, 1.82) is 0 Å². The number of carbonyl (C=O) groups is 2. The van der Waals surface area contributed by atoms with Crippen molar-refractivity contribution in [2.24, 2.45) is 0 Å². The normalized spacial score (nSPS) is 17.9. The third-order valence-electron chi connectivity index (χ3n) is 6.43. The summed E-state index contributed by atoms with van der Waals surface area (Å²) in [5.74, 6) is 1.06. The molecule has 2 amide bonds. The molecule has 4 aromatic rings. The van der Waals surface area contributed by atoms with E-state index in [2.05, 4.69) is 15.7 Å². The van der Waals surface area contributed by atoms with Crippen LogP contribution >= 0.6 is 0 Å². The molecule has 0 bridgehead atoms. The van der Waals surface area contributed by atoms with Crippen LogP contribution in [0.5, 0.6) is 11.5 Å². The maximum Gasteiger partial charge on any atom is 0.325 e. The van der Waals surface area contributed by atoms with Gasteiger partial charge in [0, 0.05) is 38.4 Å². The van der Waals surface area contributed by atoms with Crippen LogP contribution in [0.3, 0.4) is 0 Å². The van der Waals surface area contributed by atoms with Crippen LogP contribution in [-0.2, 0) is 4.74 Å². The number of hydrogen-bond donors (Lipinski definition) is 2. The van der Waals surface area contributed by atoms with Gasteiger partial charge in [0.15, 0.2) is 5.75 Å². The molecule has 0 spiro atoms. The number of hydrogen-bond acceptors (Lipinski definition) is 5. The van der Waals surface area contributed by atoms with Crippen LogP contribution in [0.25, 0.3) is 16.4 Å². The average molecular weight is 464 g/mol. The van der Waals surface area contributed by atoms with Gasteiger partial charge in [-0.25, -0.2) is 9.31 Å². The number of rotatable bonds is 4. The number of amides is 2. The van der Waals surface area contributed by atoms with E-state index in [0.717, 1.165) is 34.1 Å². The predicted molar refractivity (Wildman–Crippen MR) is 130 cm³/mol. The van der Waals surface area contributed by atoms with Crippen LogP contribution < -0.4 is 15.4 Å². The summed E-state index contributed by atoms with van der Waals surface area (Å²) in [7, 11) is 1.61. The molecule has 4 heterocycles. The smallest absolute Gasteiger partial charge is 0.325 e. The van der Waals surface area contributed by atoms with E-state index in [0.29, 0.717) is 23.7 Å². The third kappa shape index (κ3) is 3.67. The van der Waals surface area contributed by atoms with Gasteiger partial charge in [-0.1, -0.05) is 0 Å². The molecule has 1 fully saturated rings. The summed E-state index contributed by atoms with van der Waals surface area (Å²) in [5, 5.41) is 11.0. The zero-order valence-electron chi connectivity index (χ0n) is 19.6. The second-order valence-electron chi connectivity index (χ2n) is 8.60. The molecule has 9 heteroatoms. The number of aromatic nitrogens is 3. The molecule has 0 radical (unpaired) electrons. The first-order valence-electron chi connectivity index (χ1n) is 11.3. The summed E-state index contributed by atoms with van der Waals surface area (Å²) in [6.07, 6.45) is 4.16. The molecule has 0 saturated carbocycles. The van der Waals surface area contributed by atoms with Crippen LogP contribution in [0.15, 0.2) is 42.7 Å². The Kier molecular flexibility index (Phi) is 5.49. The van der Waals surface area contributed by atoms with E-state index in [-0.39, 0.29) is 25.5 Å². The second-order valence-corrected chi connectivity index (χ2v) is 8.60. The fourth-order valence-electron chi connectivity index (χ4n) is 4.61. The topological polar surface area (TPSA) is 98.9 Å². The summed E-state index contributed by atoms with van der Waals surface area (Å²) in [6.45, 7) is 6.40. The quantitative estimate of drug-likeness (QED) is 0.476. The SMILES string of the molecule is CNC(=O)n1c(C)cc2cc(Oc3ccnn4cc(C(=O)N[C@@H]5CCO[C@@H]5C)c(C)c34)ccc21.[HH]. The van der Waals surface area contributed by atoms with E-state index in [1.54, 1.807) is 34.6 Å². The lowest BCUT2D eigenvalue weighted by atomic mass is 10.1. The molecule has 1 aliphatic heterocycles. The van der Waals surface area contributed by atoms with Gasteiger partial charge in [0.2, 0.25) is 0 Å². The minimum absolute atomic E-state index is 0. The number of nitrogens with one attached hydrogen (secondary N) is 2. The van der Waals surface area contributed by atoms with Gasteiger partial charge in [-0.2, -0.15) is 5.10 Å². The zero-order valence-corrected chi connectivity index (χ0v) is 19.6. The lowest BCUT2D eigenvalue weighted by molar-refractivity contribution is 0.0865. The molecule has 178 valence electrons. The summed E-state index contributed by atoms with van der Waals surface area (Å²) < 4.78 is 15.1. The van der Waals surface area contributed by atoms with Crippen molar-refractivity contribution in [3.8, 4) is 11.5 Å². The van der Waals surface area contributed by atoms with Crippen molar-refractivity contribution in [2.75, 3.05) is 13.7 Å². The molecule has 1 aromatic carbocycles. The Morgan fingerprint density at radius 3 is 2.79 bits per heavy atom. The molecule has 1 aliphatic rings. The lowest BCUT2D eigenvalue weighted by Crippen LogP contribution is -2.39. The van der Waals surface area contributed by atoms with E-state index in [1.165, 1.54) is 0 Å².